The molecule has 0 radical (unpaired) electrons. The van der Waals surface area contributed by atoms with Crippen LogP contribution >= 0.6 is 0 Å². The maximum atomic E-state index is 13.1. The molecule has 0 unspecified atom stereocenters. The highest BCUT2D eigenvalue weighted by Crippen LogP contribution is 2.42. The summed E-state index contributed by atoms with van der Waals surface area (Å²) >= 11 is 0. The zero-order valence-corrected chi connectivity index (χ0v) is 20.0. The van der Waals surface area contributed by atoms with Crippen LogP contribution in [0.3, 0.4) is 0 Å². The summed E-state index contributed by atoms with van der Waals surface area (Å²) in [7, 11) is 1.92. The number of likely N-dealkylation sites (tertiary alicyclic amines) is 1. The maximum Gasteiger partial charge on any atom is 0.197 e. The van der Waals surface area contributed by atoms with Crippen LogP contribution in [-0.4, -0.2) is 56.2 Å². The van der Waals surface area contributed by atoms with Gasteiger partial charge >= 0.3 is 0 Å². The van der Waals surface area contributed by atoms with E-state index < -0.39 is 17.5 Å². The summed E-state index contributed by atoms with van der Waals surface area (Å²) < 4.78 is 8.13. The van der Waals surface area contributed by atoms with Gasteiger partial charge in [-0.3, -0.25) is 9.48 Å². The van der Waals surface area contributed by atoms with Gasteiger partial charge in [-0.05, 0) is 51.6 Å². The first-order valence-electron chi connectivity index (χ1n) is 11.7. The monoisotopic (exact) mass is 475 g/mol. The quantitative estimate of drug-likeness (QED) is 0.414. The van der Waals surface area contributed by atoms with E-state index in [4.69, 9.17) is 4.42 Å². The van der Waals surface area contributed by atoms with Crippen LogP contribution in [0.2, 0.25) is 0 Å². The lowest BCUT2D eigenvalue weighted by atomic mass is 9.85. The number of nitrogens with zero attached hydrogens (tertiary/aromatic N) is 3. The number of aromatic hydroxyl groups is 2. The second-order valence-corrected chi connectivity index (χ2v) is 9.52. The van der Waals surface area contributed by atoms with Gasteiger partial charge in [0.25, 0.3) is 0 Å². The minimum atomic E-state index is -0.745. The van der Waals surface area contributed by atoms with Crippen LogP contribution in [0.15, 0.2) is 51.7 Å². The third-order valence-electron chi connectivity index (χ3n) is 6.80. The first-order chi connectivity index (χ1) is 16.7. The number of likely N-dealkylation sites (N-methyl/N-ethyl adjacent to an activating group) is 1. The third-order valence-corrected chi connectivity index (χ3v) is 6.80. The van der Waals surface area contributed by atoms with E-state index in [0.717, 1.165) is 29.6 Å². The van der Waals surface area contributed by atoms with E-state index in [1.54, 1.807) is 0 Å². The van der Waals surface area contributed by atoms with Crippen molar-refractivity contribution < 1.29 is 19.7 Å². The van der Waals surface area contributed by atoms with Gasteiger partial charge in [0.1, 0.15) is 28.2 Å². The Morgan fingerprint density at radius 2 is 1.91 bits per heavy atom. The molecule has 0 spiro atoms. The number of aliphatic hydroxyl groups excluding tert-OH is 1. The number of phenols is 2. The molecule has 1 aliphatic heterocycles. The molecular formula is C27H29N3O5. The Labute approximate surface area is 202 Å². The van der Waals surface area contributed by atoms with Crippen molar-refractivity contribution in [2.75, 3.05) is 20.1 Å². The van der Waals surface area contributed by atoms with E-state index in [0.29, 0.717) is 36.4 Å². The fraction of sp³-hybridized carbons (Fsp3) is 0.333. The number of aryl methyl sites for hydroxylation is 2. The highest BCUT2D eigenvalue weighted by atomic mass is 16.3. The van der Waals surface area contributed by atoms with Crippen molar-refractivity contribution >= 4 is 11.0 Å². The number of hydrogen-bond donors (Lipinski definition) is 3. The van der Waals surface area contributed by atoms with E-state index in [1.807, 2.05) is 60.8 Å². The number of aliphatic hydroxyl groups is 1. The number of phenolic OH excluding ortho intramolecular Hbond substituents is 2. The Hall–Kier alpha value is -3.62. The van der Waals surface area contributed by atoms with Crippen molar-refractivity contribution in [3.63, 3.8) is 0 Å². The Morgan fingerprint density at radius 3 is 2.63 bits per heavy atom. The van der Waals surface area contributed by atoms with Gasteiger partial charge in [-0.15, -0.1) is 0 Å². The lowest BCUT2D eigenvalue weighted by Gasteiger charge is -2.34. The molecule has 3 heterocycles. The van der Waals surface area contributed by atoms with E-state index in [1.165, 1.54) is 6.07 Å². The lowest BCUT2D eigenvalue weighted by molar-refractivity contribution is 0.0630. The lowest BCUT2D eigenvalue weighted by Crippen LogP contribution is -2.40. The van der Waals surface area contributed by atoms with E-state index in [-0.39, 0.29) is 22.5 Å². The van der Waals surface area contributed by atoms with Gasteiger partial charge in [0.15, 0.2) is 5.43 Å². The fourth-order valence-corrected chi connectivity index (χ4v) is 5.08. The topological polar surface area (TPSA) is 112 Å². The normalized spacial score (nSPS) is 18.9. The van der Waals surface area contributed by atoms with Crippen molar-refractivity contribution in [3.8, 4) is 22.8 Å². The summed E-state index contributed by atoms with van der Waals surface area (Å²) in [6.07, 6.45) is -0.164. The Kier molecular flexibility index (Phi) is 5.86. The van der Waals surface area contributed by atoms with Crippen molar-refractivity contribution in [1.82, 2.24) is 14.7 Å². The van der Waals surface area contributed by atoms with Crippen molar-refractivity contribution in [2.45, 2.75) is 38.8 Å². The predicted octanol–water partition coefficient (Wildman–Crippen LogP) is 3.51. The van der Waals surface area contributed by atoms with Crippen LogP contribution in [0, 0.1) is 13.8 Å². The van der Waals surface area contributed by atoms with Gasteiger partial charge < -0.3 is 24.6 Å². The van der Waals surface area contributed by atoms with Crippen molar-refractivity contribution in [1.29, 1.82) is 0 Å². The van der Waals surface area contributed by atoms with Crippen LogP contribution in [0.4, 0.5) is 0 Å². The first kappa shape index (κ1) is 23.1. The molecule has 0 bridgehead atoms. The Morgan fingerprint density at radius 1 is 1.11 bits per heavy atom. The number of rotatable bonds is 4. The summed E-state index contributed by atoms with van der Waals surface area (Å²) in [5.74, 6) is -0.638. The molecule has 1 aliphatic rings. The van der Waals surface area contributed by atoms with Gasteiger partial charge in [-0.2, -0.15) is 5.10 Å². The van der Waals surface area contributed by atoms with Crippen molar-refractivity contribution in [3.05, 3.63) is 75.2 Å². The third kappa shape index (κ3) is 4.31. The van der Waals surface area contributed by atoms with Crippen LogP contribution in [0.5, 0.6) is 11.5 Å². The zero-order chi connectivity index (χ0) is 24.9. The summed E-state index contributed by atoms with van der Waals surface area (Å²) in [5.41, 5.74) is 3.74. The smallest absolute Gasteiger partial charge is 0.197 e. The minimum Gasteiger partial charge on any atom is -0.507 e. The highest BCUT2D eigenvalue weighted by Gasteiger charge is 2.33. The number of β-amino-alcohol motifs (C(OH)–C–C–N with tert-alkyl or cyclic N) is 1. The maximum absolute atomic E-state index is 13.1. The van der Waals surface area contributed by atoms with Gasteiger partial charge in [0.05, 0.1) is 18.3 Å². The molecule has 4 aromatic rings. The first-order valence-corrected chi connectivity index (χ1v) is 11.7. The average molecular weight is 476 g/mol. The summed E-state index contributed by atoms with van der Waals surface area (Å²) in [6.45, 7) is 5.68. The molecule has 1 saturated heterocycles. The van der Waals surface area contributed by atoms with E-state index >= 15 is 0 Å². The molecule has 2 aromatic carbocycles. The molecule has 2 atom stereocenters. The minimum absolute atomic E-state index is 0.00599. The van der Waals surface area contributed by atoms with Gasteiger partial charge in [0, 0.05) is 41.4 Å². The fourth-order valence-electron chi connectivity index (χ4n) is 5.08. The Bertz CT molecular complexity index is 1470. The van der Waals surface area contributed by atoms with E-state index in [2.05, 4.69) is 5.10 Å². The molecule has 8 heteroatoms. The molecule has 3 N–H and O–H groups in total. The summed E-state index contributed by atoms with van der Waals surface area (Å²) in [6, 6.07) is 12.2. The molecule has 0 amide bonds. The van der Waals surface area contributed by atoms with Gasteiger partial charge in [-0.1, -0.05) is 18.2 Å². The molecule has 5 rings (SSSR count). The molecular weight excluding hydrogens is 446 g/mol. The highest BCUT2D eigenvalue weighted by molar-refractivity contribution is 5.89. The van der Waals surface area contributed by atoms with Crippen LogP contribution < -0.4 is 5.43 Å². The molecule has 0 aliphatic carbocycles. The molecule has 2 aromatic heterocycles. The van der Waals surface area contributed by atoms with Crippen LogP contribution in [0.1, 0.15) is 34.9 Å². The number of fused-ring (bicyclic) bond motifs is 1. The summed E-state index contributed by atoms with van der Waals surface area (Å²) in [5, 5.41) is 36.5. The second kappa shape index (κ2) is 8.87. The standard InChI is InChI=1S/C27H29N3O5/c1-15-9-16(2)30(28-15)13-17-5-4-6-18(10-17)24-12-22(33)26-21(32)11-20(31)25(27(26)35-24)19-7-8-29(3)14-23(19)34/h4-6,9-12,19,23,31-32,34H,7-8,13-14H2,1-3H3/t19-,23+/m0/s1. The number of aromatic nitrogens is 2. The SMILES string of the molecule is Cc1cc(C)n(Cc2cccc(-c3cc(=O)c4c(O)cc(O)c([C@H]5CCN(C)C[C@H]5O)c4o3)c2)n1. The largest absolute Gasteiger partial charge is 0.507 e. The molecule has 182 valence electrons. The predicted molar refractivity (Wildman–Crippen MR) is 133 cm³/mol. The second-order valence-electron chi connectivity index (χ2n) is 9.52. The Balaban J connectivity index is 1.62. The number of hydrogen-bond acceptors (Lipinski definition) is 7. The van der Waals surface area contributed by atoms with Gasteiger partial charge in [-0.25, -0.2) is 0 Å². The molecule has 1 fully saturated rings. The van der Waals surface area contributed by atoms with Crippen LogP contribution in [-0.2, 0) is 6.54 Å². The molecule has 35 heavy (non-hydrogen) atoms. The summed E-state index contributed by atoms with van der Waals surface area (Å²) in [4.78, 5) is 15.1. The number of benzene rings is 2. The van der Waals surface area contributed by atoms with Crippen LogP contribution in [0.25, 0.3) is 22.3 Å². The average Bonchev–Trinajstić information content (AvgIpc) is 3.11. The number of piperidine rings is 1. The zero-order valence-electron chi connectivity index (χ0n) is 20.0. The van der Waals surface area contributed by atoms with E-state index in [9.17, 15) is 20.1 Å². The molecule has 0 saturated carbocycles. The van der Waals surface area contributed by atoms with Gasteiger partial charge in [0.2, 0.25) is 0 Å². The molecule has 8 nitrogen and oxygen atoms in total. The van der Waals surface area contributed by atoms with Crippen molar-refractivity contribution in [2.24, 2.45) is 0 Å².